The summed E-state index contributed by atoms with van der Waals surface area (Å²) < 4.78 is 0. The number of nitrogens with two attached hydrogens (primary N) is 1. The predicted octanol–water partition coefficient (Wildman–Crippen LogP) is -0.922. The molecule has 70 valence electrons. The maximum absolute atomic E-state index is 9.71. The first kappa shape index (κ1) is 10.4. The van der Waals surface area contributed by atoms with E-state index in [9.17, 15) is 20.2 Å². The Morgan fingerprint density at radius 3 is 1.92 bits per heavy atom. The molecule has 0 aromatic carbocycles. The van der Waals surface area contributed by atoms with Crippen molar-refractivity contribution in [1.29, 1.82) is 0 Å². The zero-order valence-electron chi connectivity index (χ0n) is 5.91. The van der Waals surface area contributed by atoms with E-state index in [0.29, 0.717) is 0 Å². The summed E-state index contributed by atoms with van der Waals surface area (Å²) in [5.74, 6) is 0. The van der Waals surface area contributed by atoms with Crippen molar-refractivity contribution in [2.75, 3.05) is 6.54 Å². The Hall–Kier alpha value is -1.64. The third kappa shape index (κ3) is 5.17. The van der Waals surface area contributed by atoms with E-state index in [0.717, 1.165) is 0 Å². The van der Waals surface area contributed by atoms with Crippen molar-refractivity contribution in [2.45, 2.75) is 12.7 Å². The van der Waals surface area contributed by atoms with Crippen LogP contribution in [0.4, 0.5) is 0 Å². The van der Waals surface area contributed by atoms with Gasteiger partial charge < -0.3 is 5.73 Å². The van der Waals surface area contributed by atoms with Crippen LogP contribution in [0.5, 0.6) is 0 Å². The van der Waals surface area contributed by atoms with Crippen molar-refractivity contribution in [3.05, 3.63) is 20.2 Å². The molecule has 0 bridgehead atoms. The van der Waals surface area contributed by atoms with Gasteiger partial charge in [-0.15, -0.1) is 20.2 Å². The van der Waals surface area contributed by atoms with Gasteiger partial charge in [0.2, 0.25) is 0 Å². The standard InChI is InChI=1S/C3H7N3O6/c4-2-1-3(11-5(7)8)12-6(9)10/h3H,1-2,4H2. The van der Waals surface area contributed by atoms with Gasteiger partial charge in [-0.05, 0) is 6.54 Å². The van der Waals surface area contributed by atoms with Gasteiger partial charge >= 0.3 is 0 Å². The highest BCUT2D eigenvalue weighted by molar-refractivity contribution is 4.39. The summed E-state index contributed by atoms with van der Waals surface area (Å²) in [6.07, 6.45) is -1.66. The molecule has 9 nitrogen and oxygen atoms in total. The third-order valence-electron chi connectivity index (χ3n) is 0.810. The second-order valence-corrected chi connectivity index (χ2v) is 1.66. The molecule has 0 aliphatic rings. The van der Waals surface area contributed by atoms with Crippen LogP contribution in [0.25, 0.3) is 0 Å². The lowest BCUT2D eigenvalue weighted by Gasteiger charge is -2.09. The van der Waals surface area contributed by atoms with Crippen LogP contribution in [-0.2, 0) is 9.68 Å². The molecule has 0 aromatic rings. The van der Waals surface area contributed by atoms with Gasteiger partial charge in [0, 0.05) is 6.42 Å². The molecule has 0 saturated heterocycles. The number of hydrogen-bond acceptors (Lipinski definition) is 7. The highest BCUT2D eigenvalue weighted by atomic mass is 17.0. The summed E-state index contributed by atoms with van der Waals surface area (Å²) >= 11 is 0. The molecule has 0 rings (SSSR count). The van der Waals surface area contributed by atoms with Crippen LogP contribution in [0.1, 0.15) is 6.42 Å². The van der Waals surface area contributed by atoms with E-state index in [1.54, 1.807) is 0 Å². The zero-order chi connectivity index (χ0) is 9.56. The summed E-state index contributed by atoms with van der Waals surface area (Å²) in [6.45, 7) is -0.00759. The Bertz CT molecular complexity index is 155. The molecule has 0 aliphatic carbocycles. The lowest BCUT2D eigenvalue weighted by atomic mass is 10.4. The minimum Gasteiger partial charge on any atom is -0.330 e. The largest absolute Gasteiger partial charge is 0.330 e. The average molecular weight is 181 g/mol. The summed E-state index contributed by atoms with van der Waals surface area (Å²) in [4.78, 5) is 27.0. The van der Waals surface area contributed by atoms with Gasteiger partial charge in [-0.2, -0.15) is 0 Å². The van der Waals surface area contributed by atoms with Crippen molar-refractivity contribution >= 4 is 0 Å². The summed E-state index contributed by atoms with van der Waals surface area (Å²) in [5.41, 5.74) is 4.98. The van der Waals surface area contributed by atoms with Crippen molar-refractivity contribution in [3.63, 3.8) is 0 Å². The van der Waals surface area contributed by atoms with E-state index < -0.39 is 16.5 Å². The van der Waals surface area contributed by atoms with Gasteiger partial charge in [0.1, 0.15) is 0 Å². The molecule has 2 N–H and O–H groups in total. The van der Waals surface area contributed by atoms with Crippen LogP contribution in [0.2, 0.25) is 0 Å². The van der Waals surface area contributed by atoms with Crippen molar-refractivity contribution in [3.8, 4) is 0 Å². The second kappa shape index (κ2) is 5.07. The van der Waals surface area contributed by atoms with Gasteiger partial charge in [-0.3, -0.25) is 9.68 Å². The van der Waals surface area contributed by atoms with E-state index >= 15 is 0 Å². The molecule has 0 amide bonds. The molecule has 0 aliphatic heterocycles. The van der Waals surface area contributed by atoms with E-state index in [1.807, 2.05) is 0 Å². The number of hydrogen-bond donors (Lipinski definition) is 1. The van der Waals surface area contributed by atoms with Gasteiger partial charge in [0.15, 0.2) is 0 Å². The maximum atomic E-state index is 9.71. The predicted molar refractivity (Wildman–Crippen MR) is 33.6 cm³/mol. The van der Waals surface area contributed by atoms with Gasteiger partial charge in [0.05, 0.1) is 0 Å². The van der Waals surface area contributed by atoms with Gasteiger partial charge in [-0.25, -0.2) is 0 Å². The Morgan fingerprint density at radius 1 is 1.25 bits per heavy atom. The molecule has 9 heteroatoms. The lowest BCUT2D eigenvalue weighted by molar-refractivity contribution is -0.851. The molecule has 0 spiro atoms. The minimum absolute atomic E-state index is 0.00759. The van der Waals surface area contributed by atoms with Crippen LogP contribution in [0.3, 0.4) is 0 Å². The van der Waals surface area contributed by atoms with Crippen LogP contribution < -0.4 is 5.73 Å². The van der Waals surface area contributed by atoms with Crippen LogP contribution in [0.15, 0.2) is 0 Å². The normalized spacial score (nSPS) is 9.50. The molecule has 12 heavy (non-hydrogen) atoms. The van der Waals surface area contributed by atoms with Crippen molar-refractivity contribution in [1.82, 2.24) is 0 Å². The molecular weight excluding hydrogens is 174 g/mol. The topological polar surface area (TPSA) is 131 Å². The van der Waals surface area contributed by atoms with E-state index in [-0.39, 0.29) is 13.0 Å². The highest BCUT2D eigenvalue weighted by Gasteiger charge is 2.16. The summed E-state index contributed by atoms with van der Waals surface area (Å²) in [5, 5.41) is 17.1. The Morgan fingerprint density at radius 2 is 1.67 bits per heavy atom. The van der Waals surface area contributed by atoms with Crippen LogP contribution >= 0.6 is 0 Å². The van der Waals surface area contributed by atoms with E-state index in [1.165, 1.54) is 0 Å². The van der Waals surface area contributed by atoms with E-state index in [2.05, 4.69) is 9.68 Å². The van der Waals surface area contributed by atoms with E-state index in [4.69, 9.17) is 5.73 Å². The first-order chi connectivity index (χ1) is 5.56. The number of rotatable bonds is 6. The second-order valence-electron chi connectivity index (χ2n) is 1.66. The first-order valence-electron chi connectivity index (χ1n) is 2.88. The fourth-order valence-electron chi connectivity index (χ4n) is 0.453. The molecule has 0 aromatic heterocycles. The van der Waals surface area contributed by atoms with Crippen molar-refractivity contribution in [2.24, 2.45) is 5.73 Å². The monoisotopic (exact) mass is 181 g/mol. The summed E-state index contributed by atoms with van der Waals surface area (Å²) in [6, 6.07) is 0. The smallest absolute Gasteiger partial charge is 0.296 e. The van der Waals surface area contributed by atoms with Gasteiger partial charge in [0.25, 0.3) is 16.5 Å². The fourth-order valence-corrected chi connectivity index (χ4v) is 0.453. The highest BCUT2D eigenvalue weighted by Crippen LogP contribution is 1.99. The number of nitrogens with zero attached hydrogens (tertiary/aromatic N) is 2. The third-order valence-corrected chi connectivity index (χ3v) is 0.810. The lowest BCUT2D eigenvalue weighted by Crippen LogP contribution is -2.26. The maximum Gasteiger partial charge on any atom is 0.296 e. The van der Waals surface area contributed by atoms with Crippen LogP contribution in [-0.4, -0.2) is 23.0 Å². The Labute approximate surface area is 66.3 Å². The Balaban J connectivity index is 3.85. The molecule has 0 unspecified atom stereocenters. The molecule has 0 saturated carbocycles. The molecule has 0 heterocycles. The van der Waals surface area contributed by atoms with Crippen LogP contribution in [0, 0.1) is 20.2 Å². The quantitative estimate of drug-likeness (QED) is 0.318. The van der Waals surface area contributed by atoms with Crippen molar-refractivity contribution < 1.29 is 19.8 Å². The minimum atomic E-state index is -1.54. The molecular formula is C3H7N3O6. The average Bonchev–Trinajstić information content (AvgIpc) is 1.84. The molecule has 0 fully saturated rings. The SMILES string of the molecule is NCCC(O[N+](=O)[O-])O[N+](=O)[O-]. The fraction of sp³-hybridized carbons (Fsp3) is 1.00. The molecule has 0 radical (unpaired) electrons. The summed E-state index contributed by atoms with van der Waals surface area (Å²) in [7, 11) is 0. The van der Waals surface area contributed by atoms with Gasteiger partial charge in [-0.1, -0.05) is 0 Å². The Kier molecular flexibility index (Phi) is 4.38. The zero-order valence-corrected chi connectivity index (χ0v) is 5.91. The molecule has 0 atom stereocenters. The first-order valence-corrected chi connectivity index (χ1v) is 2.88.